The van der Waals surface area contributed by atoms with Crippen LogP contribution in [0, 0.1) is 5.82 Å². The van der Waals surface area contributed by atoms with Gasteiger partial charge in [0.2, 0.25) is 0 Å². The summed E-state index contributed by atoms with van der Waals surface area (Å²) in [5.41, 5.74) is 2.95. The number of ether oxygens (including phenoxy) is 1. The van der Waals surface area contributed by atoms with Crippen LogP contribution in [0.1, 0.15) is 42.9 Å². The summed E-state index contributed by atoms with van der Waals surface area (Å²) in [7, 11) is 4.05. The number of urea groups is 1. The van der Waals surface area contributed by atoms with Gasteiger partial charge in [-0.2, -0.15) is 0 Å². The Morgan fingerprint density at radius 2 is 1.97 bits per heavy atom. The number of nitrogens with one attached hydrogen (secondary N) is 1. The molecular weight excluding hydrogens is 393 g/mol. The predicted octanol–water partition coefficient (Wildman–Crippen LogP) is 4.49. The van der Waals surface area contributed by atoms with Crippen molar-refractivity contribution in [2.24, 2.45) is 0 Å². The number of benzene rings is 2. The highest BCUT2D eigenvalue weighted by molar-refractivity contribution is 5.75. The molecule has 0 saturated carbocycles. The molecule has 4 rings (SSSR count). The van der Waals surface area contributed by atoms with E-state index in [-0.39, 0.29) is 23.3 Å². The molecule has 166 valence electrons. The van der Waals surface area contributed by atoms with E-state index in [0.29, 0.717) is 19.8 Å². The van der Waals surface area contributed by atoms with Crippen molar-refractivity contribution in [1.29, 1.82) is 0 Å². The van der Waals surface area contributed by atoms with Gasteiger partial charge in [-0.25, -0.2) is 9.18 Å². The fourth-order valence-electron chi connectivity index (χ4n) is 4.86. The lowest BCUT2D eigenvalue weighted by atomic mass is 9.74. The first kappa shape index (κ1) is 21.6. The number of hydrogen-bond donors (Lipinski definition) is 1. The molecule has 1 N–H and O–H groups in total. The Balaban J connectivity index is 1.49. The van der Waals surface area contributed by atoms with E-state index in [0.717, 1.165) is 43.5 Å². The lowest BCUT2D eigenvalue weighted by Crippen LogP contribution is -2.48. The lowest BCUT2D eigenvalue weighted by molar-refractivity contribution is 0.0499. The number of amides is 2. The molecule has 0 aliphatic carbocycles. The molecule has 0 aromatic heterocycles. The van der Waals surface area contributed by atoms with E-state index in [4.69, 9.17) is 4.74 Å². The first-order valence-electron chi connectivity index (χ1n) is 11.1. The minimum absolute atomic E-state index is 0.0416. The van der Waals surface area contributed by atoms with Gasteiger partial charge < -0.3 is 19.9 Å². The lowest BCUT2D eigenvalue weighted by Gasteiger charge is -2.38. The number of nitrogens with zero attached hydrogens (tertiary/aromatic N) is 2. The van der Waals surface area contributed by atoms with Gasteiger partial charge in [-0.05, 0) is 61.1 Å². The Hall–Kier alpha value is -2.60. The zero-order chi connectivity index (χ0) is 21.8. The van der Waals surface area contributed by atoms with Crippen molar-refractivity contribution in [3.05, 3.63) is 65.5 Å². The van der Waals surface area contributed by atoms with Crippen molar-refractivity contribution in [3.8, 4) is 0 Å². The molecule has 2 saturated heterocycles. The summed E-state index contributed by atoms with van der Waals surface area (Å²) in [6, 6.07) is 15.2. The number of rotatable bonds is 5. The molecule has 0 spiro atoms. The summed E-state index contributed by atoms with van der Waals surface area (Å²) < 4.78 is 19.5. The van der Waals surface area contributed by atoms with Gasteiger partial charge in [0.15, 0.2) is 0 Å². The minimum atomic E-state index is -0.296. The third kappa shape index (κ3) is 4.69. The SMILES string of the molecule is CN(C)c1cccc(C2CCCN2C(=O)NCC2(c3cccc(F)c3)CCOCC2)c1. The van der Waals surface area contributed by atoms with E-state index >= 15 is 0 Å². The summed E-state index contributed by atoms with van der Waals surface area (Å²) in [6.07, 6.45) is 3.50. The summed E-state index contributed by atoms with van der Waals surface area (Å²) in [5, 5.41) is 3.19. The largest absolute Gasteiger partial charge is 0.381 e. The molecule has 2 heterocycles. The van der Waals surface area contributed by atoms with Crippen LogP contribution >= 0.6 is 0 Å². The molecule has 1 unspecified atom stereocenters. The third-order valence-electron chi connectivity index (χ3n) is 6.75. The maximum Gasteiger partial charge on any atom is 0.317 e. The fourth-order valence-corrected chi connectivity index (χ4v) is 4.86. The van der Waals surface area contributed by atoms with Crippen LogP contribution in [0.2, 0.25) is 0 Å². The van der Waals surface area contributed by atoms with E-state index < -0.39 is 0 Å². The van der Waals surface area contributed by atoms with Gasteiger partial charge in [0, 0.05) is 51.5 Å². The van der Waals surface area contributed by atoms with Gasteiger partial charge in [0.25, 0.3) is 0 Å². The zero-order valence-corrected chi connectivity index (χ0v) is 18.4. The first-order valence-corrected chi connectivity index (χ1v) is 11.1. The molecule has 0 radical (unpaired) electrons. The van der Waals surface area contributed by atoms with Gasteiger partial charge in [-0.3, -0.25) is 0 Å². The van der Waals surface area contributed by atoms with Crippen LogP contribution < -0.4 is 10.2 Å². The Morgan fingerprint density at radius 3 is 2.71 bits per heavy atom. The summed E-state index contributed by atoms with van der Waals surface area (Å²) >= 11 is 0. The normalized spacial score (nSPS) is 20.5. The Kier molecular flexibility index (Phi) is 6.46. The maximum atomic E-state index is 13.9. The molecule has 2 aromatic rings. The molecule has 2 fully saturated rings. The number of halogens is 1. The summed E-state index contributed by atoms with van der Waals surface area (Å²) in [6.45, 7) is 2.48. The maximum absolute atomic E-state index is 13.9. The van der Waals surface area contributed by atoms with Crippen LogP contribution in [0.3, 0.4) is 0 Å². The molecule has 2 aromatic carbocycles. The van der Waals surface area contributed by atoms with Crippen molar-refractivity contribution in [2.75, 3.05) is 45.3 Å². The molecule has 2 amide bonds. The molecule has 5 nitrogen and oxygen atoms in total. The second-order valence-electron chi connectivity index (χ2n) is 8.90. The van der Waals surface area contributed by atoms with Gasteiger partial charge >= 0.3 is 6.03 Å². The quantitative estimate of drug-likeness (QED) is 0.768. The molecule has 2 aliphatic rings. The highest BCUT2D eigenvalue weighted by Crippen LogP contribution is 2.36. The second kappa shape index (κ2) is 9.27. The van der Waals surface area contributed by atoms with Crippen molar-refractivity contribution in [2.45, 2.75) is 37.1 Å². The van der Waals surface area contributed by atoms with E-state index in [1.54, 1.807) is 12.1 Å². The third-order valence-corrected chi connectivity index (χ3v) is 6.75. The molecule has 0 bridgehead atoms. The smallest absolute Gasteiger partial charge is 0.317 e. The number of anilines is 1. The topological polar surface area (TPSA) is 44.8 Å². The number of carbonyl (C=O) groups is 1. The average Bonchev–Trinajstić information content (AvgIpc) is 3.28. The molecule has 2 aliphatic heterocycles. The zero-order valence-electron chi connectivity index (χ0n) is 18.4. The first-order chi connectivity index (χ1) is 15.0. The van der Waals surface area contributed by atoms with Gasteiger partial charge in [-0.1, -0.05) is 24.3 Å². The highest BCUT2D eigenvalue weighted by Gasteiger charge is 2.37. The Bertz CT molecular complexity index is 911. The monoisotopic (exact) mass is 425 g/mol. The van der Waals surface area contributed by atoms with Gasteiger partial charge in [-0.15, -0.1) is 0 Å². The predicted molar refractivity (Wildman–Crippen MR) is 121 cm³/mol. The van der Waals surface area contributed by atoms with Crippen LogP contribution in [0.15, 0.2) is 48.5 Å². The van der Waals surface area contributed by atoms with Crippen LogP contribution in [0.4, 0.5) is 14.9 Å². The average molecular weight is 426 g/mol. The Morgan fingerprint density at radius 1 is 1.19 bits per heavy atom. The van der Waals surface area contributed by atoms with Crippen molar-refractivity contribution in [3.63, 3.8) is 0 Å². The summed E-state index contributed by atoms with van der Waals surface area (Å²) in [5.74, 6) is -0.241. The minimum Gasteiger partial charge on any atom is -0.381 e. The van der Waals surface area contributed by atoms with Crippen LogP contribution in [0.5, 0.6) is 0 Å². The standard InChI is InChI=1S/C25H32FN3O2/c1-28(2)22-9-3-6-19(16-22)23-10-5-13-29(23)24(30)27-18-25(11-14-31-15-12-25)20-7-4-8-21(26)17-20/h3-4,6-9,16-17,23H,5,10-15,18H2,1-2H3,(H,27,30). The van der Waals surface area contributed by atoms with Crippen molar-refractivity contribution in [1.82, 2.24) is 10.2 Å². The number of hydrogen-bond acceptors (Lipinski definition) is 3. The highest BCUT2D eigenvalue weighted by atomic mass is 19.1. The van der Waals surface area contributed by atoms with E-state index in [9.17, 15) is 9.18 Å². The fraction of sp³-hybridized carbons (Fsp3) is 0.480. The van der Waals surface area contributed by atoms with Crippen LogP contribution in [-0.2, 0) is 10.2 Å². The Labute approximate surface area is 184 Å². The number of carbonyl (C=O) groups excluding carboxylic acids is 1. The van der Waals surface area contributed by atoms with Crippen LogP contribution in [0.25, 0.3) is 0 Å². The van der Waals surface area contributed by atoms with Gasteiger partial charge in [0.1, 0.15) is 5.82 Å². The van der Waals surface area contributed by atoms with E-state index in [1.165, 1.54) is 11.6 Å². The van der Waals surface area contributed by atoms with Crippen molar-refractivity contribution < 1.29 is 13.9 Å². The molecule has 1 atom stereocenters. The molecule has 31 heavy (non-hydrogen) atoms. The summed E-state index contributed by atoms with van der Waals surface area (Å²) in [4.78, 5) is 17.3. The molecular formula is C25H32FN3O2. The second-order valence-corrected chi connectivity index (χ2v) is 8.90. The number of likely N-dealkylation sites (tertiary alicyclic amines) is 1. The van der Waals surface area contributed by atoms with E-state index in [1.807, 2.05) is 25.1 Å². The van der Waals surface area contributed by atoms with Crippen LogP contribution in [-0.4, -0.2) is 51.3 Å². The molecule has 6 heteroatoms. The van der Waals surface area contributed by atoms with E-state index in [2.05, 4.69) is 34.5 Å². The van der Waals surface area contributed by atoms with Gasteiger partial charge in [0.05, 0.1) is 6.04 Å². The van der Waals surface area contributed by atoms with Crippen molar-refractivity contribution >= 4 is 11.7 Å².